The molecule has 26 heavy (non-hydrogen) atoms. The van der Waals surface area contributed by atoms with Gasteiger partial charge in [-0.05, 0) is 30.9 Å². The Bertz CT molecular complexity index is 901. The summed E-state index contributed by atoms with van der Waals surface area (Å²) in [5.41, 5.74) is 2.08. The van der Waals surface area contributed by atoms with Crippen molar-refractivity contribution in [1.82, 2.24) is 14.7 Å². The summed E-state index contributed by atoms with van der Waals surface area (Å²) in [5.74, 6) is 0.305. The Hall–Kier alpha value is -2.63. The van der Waals surface area contributed by atoms with Crippen LogP contribution in [0.5, 0.6) is 0 Å². The van der Waals surface area contributed by atoms with Crippen molar-refractivity contribution < 1.29 is 9.59 Å². The van der Waals surface area contributed by atoms with Gasteiger partial charge in [0.2, 0.25) is 11.8 Å². The lowest BCUT2D eigenvalue weighted by molar-refractivity contribution is -0.140. The third-order valence-electron chi connectivity index (χ3n) is 6.36. The quantitative estimate of drug-likeness (QED) is 0.904. The van der Waals surface area contributed by atoms with Crippen LogP contribution in [-0.2, 0) is 22.1 Å². The molecule has 2 aliphatic heterocycles. The van der Waals surface area contributed by atoms with Gasteiger partial charge in [-0.3, -0.25) is 14.3 Å². The van der Waals surface area contributed by atoms with Crippen molar-refractivity contribution in [2.24, 2.45) is 13.0 Å². The Morgan fingerprint density at radius 3 is 2.81 bits per heavy atom. The van der Waals surface area contributed by atoms with E-state index < -0.39 is 5.41 Å². The van der Waals surface area contributed by atoms with E-state index in [1.807, 2.05) is 42.4 Å². The van der Waals surface area contributed by atoms with E-state index in [0.717, 1.165) is 36.1 Å². The van der Waals surface area contributed by atoms with Crippen LogP contribution >= 0.6 is 0 Å². The molecule has 1 saturated carbocycles. The van der Waals surface area contributed by atoms with Crippen LogP contribution in [0.4, 0.5) is 5.69 Å². The summed E-state index contributed by atoms with van der Waals surface area (Å²) in [4.78, 5) is 28.3. The second-order valence-electron chi connectivity index (χ2n) is 7.73. The lowest BCUT2D eigenvalue weighted by atomic mass is 9.73. The maximum absolute atomic E-state index is 13.2. The number of fused-ring (bicyclic) bond motifs is 2. The van der Waals surface area contributed by atoms with Crippen molar-refractivity contribution in [3.8, 4) is 0 Å². The first-order valence-electron chi connectivity index (χ1n) is 9.31. The van der Waals surface area contributed by atoms with Crippen molar-refractivity contribution in [2.45, 2.75) is 37.1 Å². The Morgan fingerprint density at radius 2 is 2.12 bits per heavy atom. The average molecular weight is 350 g/mol. The highest BCUT2D eigenvalue weighted by atomic mass is 16.2. The molecule has 0 bridgehead atoms. The van der Waals surface area contributed by atoms with Gasteiger partial charge in [-0.25, -0.2) is 0 Å². The number of rotatable bonds is 2. The summed E-state index contributed by atoms with van der Waals surface area (Å²) >= 11 is 0. The summed E-state index contributed by atoms with van der Waals surface area (Å²) in [7, 11) is 1.87. The molecule has 1 spiro atoms. The minimum atomic E-state index is -0.723. The molecule has 1 aliphatic carbocycles. The van der Waals surface area contributed by atoms with Gasteiger partial charge in [0.05, 0.1) is 12.2 Å². The van der Waals surface area contributed by atoms with Crippen molar-refractivity contribution >= 4 is 17.5 Å². The molecule has 1 N–H and O–H groups in total. The van der Waals surface area contributed by atoms with Crippen molar-refractivity contribution in [3.63, 3.8) is 0 Å². The fourth-order valence-corrected chi connectivity index (χ4v) is 4.86. The molecule has 2 unspecified atom stereocenters. The summed E-state index contributed by atoms with van der Waals surface area (Å²) in [5, 5.41) is 7.37. The number of nitrogens with one attached hydrogen (secondary N) is 1. The maximum atomic E-state index is 13.2. The molecular formula is C20H22N4O2. The van der Waals surface area contributed by atoms with E-state index in [4.69, 9.17) is 0 Å². The molecular weight excluding hydrogens is 328 g/mol. The van der Waals surface area contributed by atoms with E-state index in [1.54, 1.807) is 10.9 Å². The Morgan fingerprint density at radius 1 is 1.31 bits per heavy atom. The molecule has 6 nitrogen and oxygen atoms in total. The van der Waals surface area contributed by atoms with Gasteiger partial charge in [0.1, 0.15) is 5.41 Å². The van der Waals surface area contributed by atoms with Gasteiger partial charge >= 0.3 is 0 Å². The number of aryl methyl sites for hydroxylation is 1. The minimum Gasteiger partial charge on any atom is -0.334 e. The highest BCUT2D eigenvalue weighted by Gasteiger charge is 2.60. The van der Waals surface area contributed by atoms with Crippen molar-refractivity contribution in [3.05, 3.63) is 47.8 Å². The lowest BCUT2D eigenvalue weighted by Gasteiger charge is -2.36. The van der Waals surface area contributed by atoms with Crippen LogP contribution < -0.4 is 5.32 Å². The van der Waals surface area contributed by atoms with E-state index in [9.17, 15) is 9.59 Å². The van der Waals surface area contributed by atoms with Crippen LogP contribution in [-0.4, -0.2) is 33.0 Å². The van der Waals surface area contributed by atoms with Crippen LogP contribution in [0.25, 0.3) is 0 Å². The summed E-state index contributed by atoms with van der Waals surface area (Å²) < 4.78 is 1.74. The molecule has 5 rings (SSSR count). The third-order valence-corrected chi connectivity index (χ3v) is 6.36. The summed E-state index contributed by atoms with van der Waals surface area (Å²) in [6.07, 6.45) is 7.43. The predicted molar refractivity (Wildman–Crippen MR) is 96.4 cm³/mol. The van der Waals surface area contributed by atoms with Crippen LogP contribution in [0.1, 0.15) is 42.9 Å². The monoisotopic (exact) mass is 350 g/mol. The number of para-hydroxylation sites is 1. The zero-order valence-electron chi connectivity index (χ0n) is 14.8. The number of hydrogen-bond donors (Lipinski definition) is 1. The third kappa shape index (κ3) is 1.95. The van der Waals surface area contributed by atoms with Gasteiger partial charge in [-0.2, -0.15) is 5.10 Å². The molecule has 134 valence electrons. The van der Waals surface area contributed by atoms with E-state index in [1.165, 1.54) is 0 Å². The van der Waals surface area contributed by atoms with Gasteiger partial charge < -0.3 is 10.2 Å². The Kier molecular flexibility index (Phi) is 3.26. The number of hydrogen-bond acceptors (Lipinski definition) is 3. The maximum Gasteiger partial charge on any atom is 0.237 e. The van der Waals surface area contributed by atoms with E-state index in [2.05, 4.69) is 10.4 Å². The van der Waals surface area contributed by atoms with Crippen molar-refractivity contribution in [2.75, 3.05) is 11.9 Å². The van der Waals surface area contributed by atoms with Gasteiger partial charge in [0.15, 0.2) is 0 Å². The minimum absolute atomic E-state index is 0.00328. The molecule has 6 heteroatoms. The van der Waals surface area contributed by atoms with Gasteiger partial charge in [0.25, 0.3) is 0 Å². The van der Waals surface area contributed by atoms with Crippen molar-refractivity contribution in [1.29, 1.82) is 0 Å². The molecule has 1 aromatic carbocycles. The first-order chi connectivity index (χ1) is 12.6. The second kappa shape index (κ2) is 5.43. The van der Waals surface area contributed by atoms with E-state index in [-0.39, 0.29) is 23.8 Å². The molecule has 1 aromatic heterocycles. The highest BCUT2D eigenvalue weighted by Crippen LogP contribution is 2.55. The molecule has 2 atom stereocenters. The zero-order chi connectivity index (χ0) is 17.9. The summed E-state index contributed by atoms with van der Waals surface area (Å²) in [6, 6.07) is 7.57. The first-order valence-corrected chi connectivity index (χ1v) is 9.31. The molecule has 2 fully saturated rings. The smallest absolute Gasteiger partial charge is 0.237 e. The number of amides is 2. The Balaban J connectivity index is 1.65. The van der Waals surface area contributed by atoms with Gasteiger partial charge in [0, 0.05) is 37.0 Å². The molecule has 3 heterocycles. The SMILES string of the molecule is Cn1cc(C2N(C(=O)C3CCC3)CCC23C(=O)Nc2ccccc23)cn1. The predicted octanol–water partition coefficient (Wildman–Crippen LogP) is 2.38. The highest BCUT2D eigenvalue weighted by molar-refractivity contribution is 6.07. The lowest BCUT2D eigenvalue weighted by Crippen LogP contribution is -2.45. The number of benzene rings is 1. The van der Waals surface area contributed by atoms with E-state index >= 15 is 0 Å². The molecule has 2 amide bonds. The molecule has 3 aliphatic rings. The van der Waals surface area contributed by atoms with Gasteiger partial charge in [-0.1, -0.05) is 24.6 Å². The number of likely N-dealkylation sites (tertiary alicyclic amines) is 1. The number of carbonyl (C=O) groups excluding carboxylic acids is 2. The van der Waals surface area contributed by atoms with Crippen LogP contribution in [0.15, 0.2) is 36.7 Å². The topological polar surface area (TPSA) is 67.2 Å². The number of carbonyl (C=O) groups is 2. The Labute approximate surface area is 152 Å². The van der Waals surface area contributed by atoms with Crippen LogP contribution in [0, 0.1) is 5.92 Å². The molecule has 0 radical (unpaired) electrons. The average Bonchev–Trinajstić information content (AvgIpc) is 3.24. The summed E-state index contributed by atoms with van der Waals surface area (Å²) in [6.45, 7) is 0.608. The zero-order valence-corrected chi connectivity index (χ0v) is 14.8. The second-order valence-corrected chi connectivity index (χ2v) is 7.73. The number of nitrogens with zero attached hydrogens (tertiary/aromatic N) is 3. The number of anilines is 1. The largest absolute Gasteiger partial charge is 0.334 e. The van der Waals surface area contributed by atoms with Gasteiger partial charge in [-0.15, -0.1) is 0 Å². The fraction of sp³-hybridized carbons (Fsp3) is 0.450. The van der Waals surface area contributed by atoms with Crippen LogP contribution in [0.2, 0.25) is 0 Å². The normalized spacial score (nSPS) is 27.5. The van der Waals surface area contributed by atoms with E-state index in [0.29, 0.717) is 13.0 Å². The number of aromatic nitrogens is 2. The van der Waals surface area contributed by atoms with Crippen LogP contribution in [0.3, 0.4) is 0 Å². The standard InChI is InChI=1S/C20H22N4O2/c1-23-12-14(11-21-23)17-20(9-10-24(17)18(25)13-5-4-6-13)15-7-2-3-8-16(15)22-19(20)26/h2-3,7-8,11-13,17H,4-6,9-10H2,1H3,(H,22,26). The molecule has 2 aromatic rings. The molecule has 1 saturated heterocycles. The first kappa shape index (κ1) is 15.6. The fourth-order valence-electron chi connectivity index (χ4n) is 4.86.